The van der Waals surface area contributed by atoms with E-state index >= 15 is 0 Å². The number of aliphatic hydroxyl groups is 1. The summed E-state index contributed by atoms with van der Waals surface area (Å²) in [4.78, 5) is 0. The molecule has 2 nitrogen and oxygen atoms in total. The number of aliphatic hydroxyl groups excluding tert-OH is 1. The average molecular weight is 210 g/mol. The molecule has 1 N–H and O–H groups in total. The van der Waals surface area contributed by atoms with Crippen molar-refractivity contribution in [2.75, 3.05) is 0 Å². The molecule has 0 heterocycles. The molecular formula is C12H15FO2. The van der Waals surface area contributed by atoms with Crippen LogP contribution in [0.5, 0.6) is 5.75 Å². The first-order valence-electron chi connectivity index (χ1n) is 5.31. The average Bonchev–Trinajstić information content (AvgIpc) is 2.12. The lowest BCUT2D eigenvalue weighted by Gasteiger charge is -2.27. The lowest BCUT2D eigenvalue weighted by atomic mass is 9.96. The molecule has 1 aromatic carbocycles. The molecular weight excluding hydrogens is 195 g/mol. The lowest BCUT2D eigenvalue weighted by molar-refractivity contribution is 0.112. The zero-order valence-corrected chi connectivity index (χ0v) is 8.74. The van der Waals surface area contributed by atoms with Gasteiger partial charge in [0.15, 0.2) is 0 Å². The van der Waals surface area contributed by atoms with Crippen LogP contribution in [0.15, 0.2) is 18.2 Å². The van der Waals surface area contributed by atoms with Crippen LogP contribution in [0.4, 0.5) is 4.39 Å². The summed E-state index contributed by atoms with van der Waals surface area (Å²) >= 11 is 0. The van der Waals surface area contributed by atoms with Gasteiger partial charge in [-0.05, 0) is 44.4 Å². The fourth-order valence-corrected chi connectivity index (χ4v) is 1.62. The molecule has 1 saturated carbocycles. The quantitative estimate of drug-likeness (QED) is 0.831. The topological polar surface area (TPSA) is 29.5 Å². The summed E-state index contributed by atoms with van der Waals surface area (Å²) in [6.07, 6.45) is 2.84. The molecule has 0 aromatic heterocycles. The Labute approximate surface area is 88.7 Å². The first-order chi connectivity index (χ1) is 7.16. The molecule has 0 radical (unpaired) electrons. The third kappa shape index (κ3) is 2.29. The van der Waals surface area contributed by atoms with Crippen LogP contribution >= 0.6 is 0 Å². The van der Waals surface area contributed by atoms with Gasteiger partial charge in [-0.25, -0.2) is 4.39 Å². The number of benzene rings is 1. The van der Waals surface area contributed by atoms with E-state index in [1.165, 1.54) is 18.6 Å². The van der Waals surface area contributed by atoms with Crippen molar-refractivity contribution < 1.29 is 14.2 Å². The lowest BCUT2D eigenvalue weighted by Crippen LogP contribution is -2.25. The maximum Gasteiger partial charge on any atom is 0.125 e. The minimum absolute atomic E-state index is 0.243. The molecule has 1 unspecified atom stereocenters. The first-order valence-corrected chi connectivity index (χ1v) is 5.31. The van der Waals surface area contributed by atoms with E-state index in [1.54, 1.807) is 13.0 Å². The molecule has 0 saturated heterocycles. The van der Waals surface area contributed by atoms with Crippen LogP contribution in [0.1, 0.15) is 37.9 Å². The van der Waals surface area contributed by atoms with E-state index in [2.05, 4.69) is 0 Å². The van der Waals surface area contributed by atoms with Gasteiger partial charge in [0.25, 0.3) is 0 Å². The van der Waals surface area contributed by atoms with Gasteiger partial charge in [0, 0.05) is 5.56 Å². The van der Waals surface area contributed by atoms with Crippen LogP contribution in [-0.4, -0.2) is 11.2 Å². The highest BCUT2D eigenvalue weighted by molar-refractivity contribution is 5.35. The summed E-state index contributed by atoms with van der Waals surface area (Å²) in [6, 6.07) is 4.29. The summed E-state index contributed by atoms with van der Waals surface area (Å²) in [5.74, 6) is 0.267. The molecule has 1 aliphatic carbocycles. The molecule has 15 heavy (non-hydrogen) atoms. The van der Waals surface area contributed by atoms with Crippen LogP contribution in [0.2, 0.25) is 0 Å². The summed E-state index contributed by atoms with van der Waals surface area (Å²) in [5.41, 5.74) is 0.530. The van der Waals surface area contributed by atoms with E-state index in [1.807, 2.05) is 0 Å². The van der Waals surface area contributed by atoms with Crippen LogP contribution in [0.25, 0.3) is 0 Å². The fraction of sp³-hybridized carbons (Fsp3) is 0.500. The normalized spacial score (nSPS) is 18.3. The van der Waals surface area contributed by atoms with Crippen LogP contribution in [0.3, 0.4) is 0 Å². The number of hydrogen-bond donors (Lipinski definition) is 1. The Morgan fingerprint density at radius 1 is 1.47 bits per heavy atom. The first kappa shape index (κ1) is 10.4. The number of rotatable bonds is 3. The number of hydrogen-bond acceptors (Lipinski definition) is 2. The molecule has 3 heteroatoms. The Hall–Kier alpha value is -1.09. The Kier molecular flexibility index (Phi) is 2.91. The Morgan fingerprint density at radius 3 is 2.73 bits per heavy atom. The number of ether oxygens (including phenoxy) is 1. The van der Waals surface area contributed by atoms with Crippen LogP contribution in [0, 0.1) is 5.82 Å². The highest BCUT2D eigenvalue weighted by Crippen LogP contribution is 2.31. The predicted molar refractivity (Wildman–Crippen MR) is 55.3 cm³/mol. The van der Waals surface area contributed by atoms with Crippen molar-refractivity contribution in [3.8, 4) is 5.75 Å². The van der Waals surface area contributed by atoms with Gasteiger partial charge in [-0.3, -0.25) is 0 Å². The summed E-state index contributed by atoms with van der Waals surface area (Å²) < 4.78 is 18.6. The second kappa shape index (κ2) is 4.19. The maximum absolute atomic E-state index is 13.0. The molecule has 0 amide bonds. The second-order valence-corrected chi connectivity index (χ2v) is 4.03. The van der Waals surface area contributed by atoms with Crippen molar-refractivity contribution in [1.82, 2.24) is 0 Å². The third-order valence-electron chi connectivity index (χ3n) is 2.77. The summed E-state index contributed by atoms with van der Waals surface area (Å²) in [6.45, 7) is 1.61. The molecule has 1 fully saturated rings. The van der Waals surface area contributed by atoms with Crippen molar-refractivity contribution >= 4 is 0 Å². The number of halogens is 1. The Balaban J connectivity index is 2.20. The zero-order chi connectivity index (χ0) is 10.8. The van der Waals surface area contributed by atoms with Gasteiger partial charge in [0.05, 0.1) is 12.2 Å². The van der Waals surface area contributed by atoms with Gasteiger partial charge in [-0.1, -0.05) is 0 Å². The molecule has 1 atom stereocenters. The van der Waals surface area contributed by atoms with Crippen molar-refractivity contribution in [2.24, 2.45) is 0 Å². The van der Waals surface area contributed by atoms with E-state index in [0.29, 0.717) is 11.3 Å². The van der Waals surface area contributed by atoms with Gasteiger partial charge >= 0.3 is 0 Å². The predicted octanol–water partition coefficient (Wildman–Crippen LogP) is 2.81. The van der Waals surface area contributed by atoms with Crippen LogP contribution < -0.4 is 4.74 Å². The zero-order valence-electron chi connectivity index (χ0n) is 8.74. The van der Waals surface area contributed by atoms with Gasteiger partial charge in [-0.2, -0.15) is 0 Å². The fourth-order valence-electron chi connectivity index (χ4n) is 1.62. The minimum Gasteiger partial charge on any atom is -0.490 e. The van der Waals surface area contributed by atoms with E-state index < -0.39 is 6.10 Å². The van der Waals surface area contributed by atoms with Gasteiger partial charge in [-0.15, -0.1) is 0 Å². The molecule has 0 bridgehead atoms. The molecule has 1 aliphatic rings. The van der Waals surface area contributed by atoms with Gasteiger partial charge in [0.2, 0.25) is 0 Å². The van der Waals surface area contributed by atoms with Crippen molar-refractivity contribution in [3.05, 3.63) is 29.6 Å². The highest BCUT2D eigenvalue weighted by Gasteiger charge is 2.21. The van der Waals surface area contributed by atoms with Gasteiger partial charge in [0.1, 0.15) is 11.6 Å². The monoisotopic (exact) mass is 210 g/mol. The molecule has 1 aromatic rings. The van der Waals surface area contributed by atoms with E-state index in [4.69, 9.17) is 4.74 Å². The minimum atomic E-state index is -0.698. The van der Waals surface area contributed by atoms with Crippen molar-refractivity contribution in [3.63, 3.8) is 0 Å². The maximum atomic E-state index is 13.0. The van der Waals surface area contributed by atoms with Gasteiger partial charge < -0.3 is 9.84 Å². The van der Waals surface area contributed by atoms with Crippen LogP contribution in [-0.2, 0) is 0 Å². The van der Waals surface area contributed by atoms with Crippen molar-refractivity contribution in [1.29, 1.82) is 0 Å². The molecule has 2 rings (SSSR count). The largest absolute Gasteiger partial charge is 0.490 e. The summed E-state index contributed by atoms with van der Waals surface area (Å²) in [5, 5.41) is 9.49. The van der Waals surface area contributed by atoms with E-state index in [-0.39, 0.29) is 11.9 Å². The van der Waals surface area contributed by atoms with E-state index in [0.717, 1.165) is 12.8 Å². The molecule has 0 spiro atoms. The Bertz CT molecular complexity index is 345. The standard InChI is InChI=1S/C12H15FO2/c1-8(14)11-7-9(13)5-6-12(11)15-10-3-2-4-10/h5-8,10,14H,2-4H2,1H3. The Morgan fingerprint density at radius 2 is 2.20 bits per heavy atom. The summed E-state index contributed by atoms with van der Waals surface area (Å²) in [7, 11) is 0. The smallest absolute Gasteiger partial charge is 0.125 e. The van der Waals surface area contributed by atoms with Crippen molar-refractivity contribution in [2.45, 2.75) is 38.4 Å². The second-order valence-electron chi connectivity index (χ2n) is 4.03. The third-order valence-corrected chi connectivity index (χ3v) is 2.77. The molecule has 82 valence electrons. The molecule has 0 aliphatic heterocycles. The van der Waals surface area contributed by atoms with E-state index in [9.17, 15) is 9.50 Å². The SMILES string of the molecule is CC(O)c1cc(F)ccc1OC1CCC1. The highest BCUT2D eigenvalue weighted by atomic mass is 19.1.